The van der Waals surface area contributed by atoms with Crippen molar-refractivity contribution in [3.8, 4) is 0 Å². The van der Waals surface area contributed by atoms with Crippen LogP contribution in [0.1, 0.15) is 42.9 Å². The van der Waals surface area contributed by atoms with Crippen LogP contribution in [0.2, 0.25) is 0 Å². The average Bonchev–Trinajstić information content (AvgIpc) is 2.54. The van der Waals surface area contributed by atoms with Crippen molar-refractivity contribution < 1.29 is 4.79 Å². The van der Waals surface area contributed by atoms with Gasteiger partial charge in [0.1, 0.15) is 5.78 Å². The Labute approximate surface area is 132 Å². The number of aryl methyl sites for hydroxylation is 1. The van der Waals surface area contributed by atoms with Crippen molar-refractivity contribution in [2.24, 2.45) is 5.92 Å². The Kier molecular flexibility index (Phi) is 4.57. The summed E-state index contributed by atoms with van der Waals surface area (Å²) in [6.45, 7) is 2.09. The molecule has 0 aromatic heterocycles. The molecule has 2 heteroatoms. The van der Waals surface area contributed by atoms with Gasteiger partial charge in [-0.3, -0.25) is 4.79 Å². The summed E-state index contributed by atoms with van der Waals surface area (Å²) in [4.78, 5) is 12.4. The first-order chi connectivity index (χ1) is 10.7. The highest BCUT2D eigenvalue weighted by Gasteiger charge is 2.31. The van der Waals surface area contributed by atoms with E-state index in [4.69, 9.17) is 0 Å². The molecule has 0 radical (unpaired) electrons. The molecule has 0 amide bonds. The molecule has 0 aliphatic heterocycles. The summed E-state index contributed by atoms with van der Waals surface area (Å²) in [6.07, 6.45) is 3.90. The number of anilines is 1. The highest BCUT2D eigenvalue weighted by Crippen LogP contribution is 2.34. The highest BCUT2D eigenvalue weighted by molar-refractivity contribution is 5.83. The van der Waals surface area contributed by atoms with Crippen molar-refractivity contribution >= 4 is 11.5 Å². The number of nitrogens with one attached hydrogen (secondary N) is 1. The van der Waals surface area contributed by atoms with E-state index in [1.54, 1.807) is 0 Å². The molecular weight excluding hydrogens is 270 g/mol. The fourth-order valence-electron chi connectivity index (χ4n) is 3.35. The van der Waals surface area contributed by atoms with Crippen LogP contribution >= 0.6 is 0 Å². The zero-order chi connectivity index (χ0) is 15.4. The number of hydrogen-bond donors (Lipinski definition) is 1. The Bertz CT molecular complexity index is 635. The van der Waals surface area contributed by atoms with E-state index in [1.807, 2.05) is 18.2 Å². The molecule has 1 aliphatic rings. The van der Waals surface area contributed by atoms with Crippen LogP contribution < -0.4 is 5.32 Å². The van der Waals surface area contributed by atoms with E-state index >= 15 is 0 Å². The third-order valence-electron chi connectivity index (χ3n) is 4.50. The summed E-state index contributed by atoms with van der Waals surface area (Å²) in [5.41, 5.74) is 3.52. The molecule has 0 unspecified atom stereocenters. The van der Waals surface area contributed by atoms with E-state index in [-0.39, 0.29) is 12.0 Å². The largest absolute Gasteiger partial charge is 0.377 e. The first-order valence-corrected chi connectivity index (χ1v) is 8.15. The second kappa shape index (κ2) is 6.78. The van der Waals surface area contributed by atoms with Crippen LogP contribution in [0.3, 0.4) is 0 Å². The molecule has 3 rings (SSSR count). The third kappa shape index (κ3) is 3.38. The first-order valence-electron chi connectivity index (χ1n) is 8.15. The van der Waals surface area contributed by atoms with Gasteiger partial charge in [0.2, 0.25) is 0 Å². The van der Waals surface area contributed by atoms with Gasteiger partial charge in [-0.1, -0.05) is 48.9 Å². The van der Waals surface area contributed by atoms with E-state index < -0.39 is 0 Å². The van der Waals surface area contributed by atoms with Crippen molar-refractivity contribution in [1.29, 1.82) is 0 Å². The smallest absolute Gasteiger partial charge is 0.138 e. The molecule has 1 N–H and O–H groups in total. The molecule has 114 valence electrons. The normalized spacial score (nSPS) is 19.7. The Balaban J connectivity index is 1.90. The first kappa shape index (κ1) is 14.8. The number of benzene rings is 2. The Morgan fingerprint density at radius 1 is 1.05 bits per heavy atom. The minimum Gasteiger partial charge on any atom is -0.377 e. The third-order valence-corrected chi connectivity index (χ3v) is 4.50. The second-order valence-electron chi connectivity index (χ2n) is 6.22. The van der Waals surface area contributed by atoms with Gasteiger partial charge in [0, 0.05) is 18.0 Å². The summed E-state index contributed by atoms with van der Waals surface area (Å²) in [6, 6.07) is 18.8. The fraction of sp³-hybridized carbons (Fsp3) is 0.350. The molecule has 22 heavy (non-hydrogen) atoms. The second-order valence-corrected chi connectivity index (χ2v) is 6.22. The number of ketones is 1. The lowest BCUT2D eigenvalue weighted by atomic mass is 9.80. The fourth-order valence-corrected chi connectivity index (χ4v) is 3.35. The van der Waals surface area contributed by atoms with Gasteiger partial charge < -0.3 is 5.32 Å². The summed E-state index contributed by atoms with van der Waals surface area (Å²) >= 11 is 0. The van der Waals surface area contributed by atoms with Crippen molar-refractivity contribution in [2.45, 2.75) is 38.6 Å². The molecule has 2 nitrogen and oxygen atoms in total. The van der Waals surface area contributed by atoms with E-state index in [9.17, 15) is 4.79 Å². The van der Waals surface area contributed by atoms with Crippen LogP contribution in [0.5, 0.6) is 0 Å². The van der Waals surface area contributed by atoms with Gasteiger partial charge in [-0.15, -0.1) is 0 Å². The van der Waals surface area contributed by atoms with Gasteiger partial charge in [-0.05, 0) is 43.0 Å². The molecule has 1 saturated carbocycles. The van der Waals surface area contributed by atoms with E-state index in [0.717, 1.165) is 31.4 Å². The molecule has 2 atom stereocenters. The molecule has 1 aliphatic carbocycles. The Morgan fingerprint density at radius 2 is 1.86 bits per heavy atom. The molecule has 0 heterocycles. The lowest BCUT2D eigenvalue weighted by Crippen LogP contribution is -2.30. The summed E-state index contributed by atoms with van der Waals surface area (Å²) in [5.74, 6) is 0.483. The Morgan fingerprint density at radius 3 is 2.59 bits per heavy atom. The van der Waals surface area contributed by atoms with Gasteiger partial charge in [0.15, 0.2) is 0 Å². The monoisotopic (exact) mass is 293 g/mol. The van der Waals surface area contributed by atoms with Gasteiger partial charge in [-0.25, -0.2) is 0 Å². The van der Waals surface area contributed by atoms with Crippen molar-refractivity contribution in [3.63, 3.8) is 0 Å². The maximum Gasteiger partial charge on any atom is 0.138 e. The topological polar surface area (TPSA) is 29.1 Å². The zero-order valence-corrected chi connectivity index (χ0v) is 13.1. The van der Waals surface area contributed by atoms with Crippen LogP contribution in [-0.4, -0.2) is 5.78 Å². The quantitative estimate of drug-likeness (QED) is 0.868. The number of Topliss-reactive ketones (excluding diaryl/α,β-unsaturated/α-hetero) is 1. The molecule has 2 aromatic rings. The predicted molar refractivity (Wildman–Crippen MR) is 90.9 cm³/mol. The molecule has 1 fully saturated rings. The Hall–Kier alpha value is -2.09. The lowest BCUT2D eigenvalue weighted by Gasteiger charge is -2.31. The highest BCUT2D eigenvalue weighted by atomic mass is 16.1. The average molecular weight is 293 g/mol. The predicted octanol–water partition coefficient (Wildman–Crippen LogP) is 4.91. The van der Waals surface area contributed by atoms with Crippen LogP contribution in [0.15, 0.2) is 54.6 Å². The molecule has 0 saturated heterocycles. The van der Waals surface area contributed by atoms with Gasteiger partial charge in [0.05, 0.1) is 6.04 Å². The number of rotatable bonds is 4. The van der Waals surface area contributed by atoms with E-state index in [1.165, 1.54) is 11.1 Å². The van der Waals surface area contributed by atoms with Crippen LogP contribution in [0.4, 0.5) is 5.69 Å². The summed E-state index contributed by atoms with van der Waals surface area (Å²) < 4.78 is 0. The van der Waals surface area contributed by atoms with Gasteiger partial charge >= 0.3 is 0 Å². The summed E-state index contributed by atoms with van der Waals surface area (Å²) in [5, 5.41) is 3.62. The van der Waals surface area contributed by atoms with Crippen LogP contribution in [0, 0.1) is 12.8 Å². The molecule has 0 bridgehead atoms. The van der Waals surface area contributed by atoms with Crippen molar-refractivity contribution in [3.05, 3.63) is 65.7 Å². The number of hydrogen-bond acceptors (Lipinski definition) is 2. The maximum absolute atomic E-state index is 12.4. The lowest BCUT2D eigenvalue weighted by molar-refractivity contribution is -0.125. The maximum atomic E-state index is 12.4. The van der Waals surface area contributed by atoms with Gasteiger partial charge in [0.25, 0.3) is 0 Å². The van der Waals surface area contributed by atoms with Crippen LogP contribution in [0.25, 0.3) is 0 Å². The van der Waals surface area contributed by atoms with E-state index in [0.29, 0.717) is 5.78 Å². The SMILES string of the molecule is Cc1cccc(N[C@@H](c2ccccc2)[C@@H]2CCCCC2=O)c1. The van der Waals surface area contributed by atoms with Crippen molar-refractivity contribution in [2.75, 3.05) is 5.32 Å². The number of carbonyl (C=O) groups excluding carboxylic acids is 1. The van der Waals surface area contributed by atoms with Gasteiger partial charge in [-0.2, -0.15) is 0 Å². The molecular formula is C20H23NO. The minimum atomic E-state index is 0.0656. The minimum absolute atomic E-state index is 0.0656. The number of carbonyl (C=O) groups is 1. The standard InChI is InChI=1S/C20H23NO/c1-15-8-7-11-17(14-15)21-20(16-9-3-2-4-10-16)18-12-5-6-13-19(18)22/h2-4,7-11,14,18,20-21H,5-6,12-13H2,1H3/t18-,20+/m1/s1. The molecule has 2 aromatic carbocycles. The van der Waals surface area contributed by atoms with Crippen LogP contribution in [-0.2, 0) is 4.79 Å². The zero-order valence-electron chi connectivity index (χ0n) is 13.1. The molecule has 0 spiro atoms. The summed E-state index contributed by atoms with van der Waals surface area (Å²) in [7, 11) is 0. The van der Waals surface area contributed by atoms with Crippen molar-refractivity contribution in [1.82, 2.24) is 0 Å². The van der Waals surface area contributed by atoms with E-state index in [2.05, 4.69) is 48.6 Å².